The molecule has 0 amide bonds. The number of imidazole rings is 1. The zero-order valence-electron chi connectivity index (χ0n) is 16.9. The Hall–Kier alpha value is -3.22. The average Bonchev–Trinajstić information content (AvgIpc) is 3.29. The van der Waals surface area contributed by atoms with Gasteiger partial charge in [0, 0.05) is 37.0 Å². The molecular formula is C19H16Cl2N4O7S. The zero-order valence-corrected chi connectivity index (χ0v) is 19.2. The van der Waals surface area contributed by atoms with Gasteiger partial charge in [-0.05, 0) is 12.1 Å². The minimum Gasteiger partial charge on any atom is -0.469 e. The third-order valence-electron chi connectivity index (χ3n) is 4.58. The Morgan fingerprint density at radius 1 is 1.15 bits per heavy atom. The molecule has 0 bridgehead atoms. The predicted octanol–water partition coefficient (Wildman–Crippen LogP) is 5.22. The molecule has 3 aromatic rings. The van der Waals surface area contributed by atoms with Crippen LogP contribution in [0.2, 0.25) is 10.0 Å². The summed E-state index contributed by atoms with van der Waals surface area (Å²) < 4.78 is 34.4. The van der Waals surface area contributed by atoms with Gasteiger partial charge in [-0.1, -0.05) is 36.5 Å². The van der Waals surface area contributed by atoms with Gasteiger partial charge in [-0.25, -0.2) is 13.4 Å². The van der Waals surface area contributed by atoms with E-state index < -0.39 is 52.1 Å². The van der Waals surface area contributed by atoms with Crippen molar-refractivity contribution in [2.45, 2.75) is 35.8 Å². The fourth-order valence-corrected chi connectivity index (χ4v) is 5.65. The van der Waals surface area contributed by atoms with E-state index in [4.69, 9.17) is 27.9 Å². The molecule has 0 spiro atoms. The number of nitrogens with zero attached hydrogens (tertiary/aromatic N) is 4. The summed E-state index contributed by atoms with van der Waals surface area (Å²) in [7, 11) is -4.77. The zero-order chi connectivity index (χ0) is 24.3. The van der Waals surface area contributed by atoms with Gasteiger partial charge in [0.1, 0.15) is 15.7 Å². The summed E-state index contributed by atoms with van der Waals surface area (Å²) in [5, 5.41) is 21.8. The fourth-order valence-electron chi connectivity index (χ4n) is 3.05. The van der Waals surface area contributed by atoms with Crippen molar-refractivity contribution in [3.05, 3.63) is 79.3 Å². The van der Waals surface area contributed by atoms with Crippen molar-refractivity contribution in [2.75, 3.05) is 0 Å². The Balaban J connectivity index is 2.16. The maximum absolute atomic E-state index is 13.4. The average molecular weight is 515 g/mol. The van der Waals surface area contributed by atoms with E-state index in [-0.39, 0.29) is 10.8 Å². The van der Waals surface area contributed by atoms with Crippen LogP contribution in [0.3, 0.4) is 0 Å². The minimum absolute atomic E-state index is 0.0418. The fraction of sp³-hybridized carbons (Fsp3) is 0.211. The van der Waals surface area contributed by atoms with Crippen molar-refractivity contribution < 1.29 is 23.0 Å². The highest BCUT2D eigenvalue weighted by atomic mass is 35.5. The SMILES string of the molecule is CCCC(Oc1ccc(Cl)c(S(=O)(=O)c2cc([N+](=O)[O-])ccc2[N+](=O)[O-])c1Cl)n1ccnc1. The molecule has 0 aliphatic rings. The highest BCUT2D eigenvalue weighted by molar-refractivity contribution is 7.92. The van der Waals surface area contributed by atoms with E-state index in [9.17, 15) is 28.6 Å². The molecule has 0 radical (unpaired) electrons. The van der Waals surface area contributed by atoms with E-state index in [2.05, 4.69) is 4.98 Å². The first-order valence-electron chi connectivity index (χ1n) is 9.38. The van der Waals surface area contributed by atoms with Crippen LogP contribution in [0, 0.1) is 20.2 Å². The second-order valence-electron chi connectivity index (χ2n) is 6.73. The van der Waals surface area contributed by atoms with Gasteiger partial charge in [-0.3, -0.25) is 20.2 Å². The molecule has 2 aromatic carbocycles. The molecule has 33 heavy (non-hydrogen) atoms. The van der Waals surface area contributed by atoms with Crippen LogP contribution in [-0.4, -0.2) is 27.8 Å². The largest absolute Gasteiger partial charge is 0.469 e. The minimum atomic E-state index is -4.77. The van der Waals surface area contributed by atoms with Crippen LogP contribution in [0.5, 0.6) is 5.75 Å². The summed E-state index contributed by atoms with van der Waals surface area (Å²) in [4.78, 5) is 23.1. The lowest BCUT2D eigenvalue weighted by Crippen LogP contribution is -2.15. The summed E-state index contributed by atoms with van der Waals surface area (Å²) >= 11 is 12.5. The van der Waals surface area contributed by atoms with Gasteiger partial charge in [-0.2, -0.15) is 0 Å². The Labute approximate surface area is 197 Å². The maximum Gasteiger partial charge on any atom is 0.288 e. The molecule has 0 aliphatic heterocycles. The van der Waals surface area contributed by atoms with Crippen LogP contribution in [0.1, 0.15) is 26.0 Å². The molecule has 3 rings (SSSR count). The van der Waals surface area contributed by atoms with Gasteiger partial charge in [0.15, 0.2) is 11.1 Å². The van der Waals surface area contributed by atoms with Crippen molar-refractivity contribution in [3.8, 4) is 5.75 Å². The first-order valence-corrected chi connectivity index (χ1v) is 11.6. The van der Waals surface area contributed by atoms with Crippen LogP contribution in [0.15, 0.2) is 58.8 Å². The van der Waals surface area contributed by atoms with Crippen LogP contribution in [-0.2, 0) is 9.84 Å². The third-order valence-corrected chi connectivity index (χ3v) is 7.36. The lowest BCUT2D eigenvalue weighted by molar-refractivity contribution is -0.391. The monoisotopic (exact) mass is 514 g/mol. The molecule has 1 atom stereocenters. The Morgan fingerprint density at radius 3 is 2.45 bits per heavy atom. The van der Waals surface area contributed by atoms with E-state index in [1.165, 1.54) is 18.5 Å². The van der Waals surface area contributed by atoms with Crippen molar-refractivity contribution in [1.82, 2.24) is 9.55 Å². The van der Waals surface area contributed by atoms with Crippen molar-refractivity contribution in [2.24, 2.45) is 0 Å². The second kappa shape index (κ2) is 9.73. The highest BCUT2D eigenvalue weighted by Gasteiger charge is 2.34. The third kappa shape index (κ3) is 4.92. The van der Waals surface area contributed by atoms with Gasteiger partial charge < -0.3 is 9.30 Å². The number of non-ortho nitro benzene ring substituents is 1. The topological polar surface area (TPSA) is 147 Å². The predicted molar refractivity (Wildman–Crippen MR) is 118 cm³/mol. The van der Waals surface area contributed by atoms with E-state index >= 15 is 0 Å². The van der Waals surface area contributed by atoms with E-state index in [0.29, 0.717) is 12.5 Å². The smallest absolute Gasteiger partial charge is 0.288 e. The number of nitro benzene ring substituents is 2. The first kappa shape index (κ1) is 24.4. The maximum atomic E-state index is 13.4. The van der Waals surface area contributed by atoms with Gasteiger partial charge in [0.25, 0.3) is 11.4 Å². The quantitative estimate of drug-likeness (QED) is 0.278. The summed E-state index contributed by atoms with van der Waals surface area (Å²) in [6.07, 6.45) is 5.42. The molecule has 1 unspecified atom stereocenters. The van der Waals surface area contributed by atoms with Crippen molar-refractivity contribution >= 4 is 44.4 Å². The molecule has 1 heterocycles. The Morgan fingerprint density at radius 2 is 1.88 bits per heavy atom. The van der Waals surface area contributed by atoms with E-state index in [1.54, 1.807) is 17.0 Å². The molecular weight excluding hydrogens is 499 g/mol. The number of ether oxygens (including phenoxy) is 1. The number of aromatic nitrogens is 2. The number of hydrogen-bond donors (Lipinski definition) is 0. The lowest BCUT2D eigenvalue weighted by Gasteiger charge is -2.21. The van der Waals surface area contributed by atoms with Crippen LogP contribution in [0.4, 0.5) is 11.4 Å². The van der Waals surface area contributed by atoms with Crippen LogP contribution in [0.25, 0.3) is 0 Å². The van der Waals surface area contributed by atoms with Crippen LogP contribution >= 0.6 is 23.2 Å². The molecule has 0 fully saturated rings. The molecule has 0 N–H and O–H groups in total. The standard InChI is InChI=1S/C19H16Cl2N4O7S/c1-2-3-17(23-9-8-22-11-23)32-15-7-5-13(20)19(18(15)21)33(30,31)16-10-12(24(26)27)4-6-14(16)25(28)29/h4-11,17H,2-3H2,1H3. The Kier molecular flexibility index (Phi) is 7.20. The summed E-state index contributed by atoms with van der Waals surface area (Å²) in [5.74, 6) is -0.0418. The van der Waals surface area contributed by atoms with Crippen molar-refractivity contribution in [1.29, 1.82) is 0 Å². The normalized spacial score (nSPS) is 12.3. The first-order chi connectivity index (χ1) is 15.6. The van der Waals surface area contributed by atoms with E-state index in [0.717, 1.165) is 18.6 Å². The second-order valence-corrected chi connectivity index (χ2v) is 9.37. The van der Waals surface area contributed by atoms with E-state index in [1.807, 2.05) is 6.92 Å². The van der Waals surface area contributed by atoms with Gasteiger partial charge in [-0.15, -0.1) is 0 Å². The number of sulfone groups is 1. The summed E-state index contributed by atoms with van der Waals surface area (Å²) in [6.45, 7) is 1.92. The number of benzene rings is 2. The lowest BCUT2D eigenvalue weighted by atomic mass is 10.3. The van der Waals surface area contributed by atoms with Crippen LogP contribution < -0.4 is 4.74 Å². The summed E-state index contributed by atoms with van der Waals surface area (Å²) in [6, 6.07) is 4.75. The number of nitro groups is 2. The van der Waals surface area contributed by atoms with Gasteiger partial charge in [0.2, 0.25) is 9.84 Å². The molecule has 0 saturated carbocycles. The Bertz CT molecular complexity index is 1310. The number of halogens is 2. The molecule has 0 aliphatic carbocycles. The molecule has 174 valence electrons. The molecule has 14 heteroatoms. The number of rotatable bonds is 9. The highest BCUT2D eigenvalue weighted by Crippen LogP contribution is 2.43. The molecule has 11 nitrogen and oxygen atoms in total. The number of hydrogen-bond acceptors (Lipinski definition) is 8. The van der Waals surface area contributed by atoms with Gasteiger partial charge in [0.05, 0.1) is 21.2 Å². The van der Waals surface area contributed by atoms with Crippen molar-refractivity contribution in [3.63, 3.8) is 0 Å². The molecule has 1 aromatic heterocycles. The summed E-state index contributed by atoms with van der Waals surface area (Å²) in [5.41, 5.74) is -1.51. The molecule has 0 saturated heterocycles. The van der Waals surface area contributed by atoms with Gasteiger partial charge >= 0.3 is 0 Å².